The van der Waals surface area contributed by atoms with Gasteiger partial charge in [0.2, 0.25) is 0 Å². The summed E-state index contributed by atoms with van der Waals surface area (Å²) in [5.74, 6) is -0.0706. The summed E-state index contributed by atoms with van der Waals surface area (Å²) in [7, 11) is 0. The van der Waals surface area contributed by atoms with E-state index < -0.39 is 0 Å². The van der Waals surface area contributed by atoms with Gasteiger partial charge in [0.15, 0.2) is 0 Å². The summed E-state index contributed by atoms with van der Waals surface area (Å²) < 4.78 is 0. The second-order valence-electron chi connectivity index (χ2n) is 4.70. The van der Waals surface area contributed by atoms with Crippen LogP contribution in [-0.4, -0.2) is 16.1 Å². The van der Waals surface area contributed by atoms with Crippen LogP contribution in [0.2, 0.25) is 0 Å². The Kier molecular flexibility index (Phi) is 3.78. The predicted octanol–water partition coefficient (Wildman–Crippen LogP) is 3.26. The molecule has 2 aromatic carbocycles. The minimum atomic E-state index is -0.0706. The number of aromatic amines is 1. The maximum atomic E-state index is 12.7. The monoisotopic (exact) mass is 277 g/mol. The molecule has 0 atom stereocenters. The lowest BCUT2D eigenvalue weighted by Crippen LogP contribution is -2.30. The van der Waals surface area contributed by atoms with Crippen LogP contribution in [0.3, 0.4) is 0 Å². The first kappa shape index (κ1) is 13.1. The fourth-order valence-corrected chi connectivity index (χ4v) is 2.18. The number of benzene rings is 2. The van der Waals surface area contributed by atoms with Crippen LogP contribution in [0.25, 0.3) is 0 Å². The molecule has 4 nitrogen and oxygen atoms in total. The normalized spacial score (nSPS) is 10.3. The number of nitrogens with one attached hydrogen (secondary N) is 1. The molecule has 21 heavy (non-hydrogen) atoms. The molecule has 1 aromatic heterocycles. The Hall–Kier alpha value is -2.88. The molecule has 1 N–H and O–H groups in total. The minimum absolute atomic E-state index is 0.0706. The second-order valence-corrected chi connectivity index (χ2v) is 4.70. The van der Waals surface area contributed by atoms with Crippen molar-refractivity contribution in [1.82, 2.24) is 10.2 Å². The number of carbonyl (C=O) groups is 1. The van der Waals surface area contributed by atoms with Crippen LogP contribution < -0.4 is 4.90 Å². The van der Waals surface area contributed by atoms with E-state index in [9.17, 15) is 4.79 Å². The second kappa shape index (κ2) is 6.05. The van der Waals surface area contributed by atoms with E-state index in [1.54, 1.807) is 17.3 Å². The van der Waals surface area contributed by atoms with E-state index in [2.05, 4.69) is 10.2 Å². The molecule has 4 heteroatoms. The molecule has 0 saturated carbocycles. The van der Waals surface area contributed by atoms with Gasteiger partial charge in [-0.05, 0) is 17.7 Å². The van der Waals surface area contributed by atoms with Crippen molar-refractivity contribution in [2.75, 3.05) is 4.90 Å². The Labute approximate surface area is 123 Å². The quantitative estimate of drug-likeness (QED) is 0.795. The highest BCUT2D eigenvalue weighted by Gasteiger charge is 2.18. The van der Waals surface area contributed by atoms with Crippen LogP contribution >= 0.6 is 0 Å². The van der Waals surface area contributed by atoms with Gasteiger partial charge in [0, 0.05) is 11.9 Å². The van der Waals surface area contributed by atoms with Gasteiger partial charge in [0.1, 0.15) is 0 Å². The number of rotatable bonds is 4. The highest BCUT2D eigenvalue weighted by Crippen LogP contribution is 2.19. The summed E-state index contributed by atoms with van der Waals surface area (Å²) in [5.41, 5.74) is 2.50. The van der Waals surface area contributed by atoms with Gasteiger partial charge in [0.25, 0.3) is 5.91 Å². The number of amides is 1. The molecule has 1 amide bonds. The molecule has 0 saturated heterocycles. The molecule has 0 spiro atoms. The summed E-state index contributed by atoms with van der Waals surface area (Å²) in [6.45, 7) is 0.523. The van der Waals surface area contributed by atoms with Crippen molar-refractivity contribution in [1.29, 1.82) is 0 Å². The summed E-state index contributed by atoms with van der Waals surface area (Å²) >= 11 is 0. The molecule has 0 radical (unpaired) electrons. The molecule has 3 rings (SSSR count). The molecule has 1 heterocycles. The highest BCUT2D eigenvalue weighted by molar-refractivity contribution is 6.05. The standard InChI is InChI=1S/C17H15N3O/c21-17(15-11-18-19-12-15)20(16-9-5-2-6-10-16)13-14-7-3-1-4-8-14/h1-12H,13H2,(H,18,19). The molecule has 3 aromatic rings. The lowest BCUT2D eigenvalue weighted by atomic mass is 10.1. The highest BCUT2D eigenvalue weighted by atomic mass is 16.2. The maximum absolute atomic E-state index is 12.7. The zero-order valence-electron chi connectivity index (χ0n) is 11.4. The largest absolute Gasteiger partial charge is 0.304 e. The first-order valence-corrected chi connectivity index (χ1v) is 6.74. The molecule has 0 aliphatic carbocycles. The SMILES string of the molecule is O=C(c1cn[nH]c1)N(Cc1ccccc1)c1ccccc1. The van der Waals surface area contributed by atoms with E-state index in [0.717, 1.165) is 11.3 Å². The third-order valence-electron chi connectivity index (χ3n) is 3.24. The van der Waals surface area contributed by atoms with Crippen molar-refractivity contribution in [3.63, 3.8) is 0 Å². The summed E-state index contributed by atoms with van der Waals surface area (Å²) in [6.07, 6.45) is 3.16. The average molecular weight is 277 g/mol. The van der Waals surface area contributed by atoms with Crippen LogP contribution in [0, 0.1) is 0 Å². The van der Waals surface area contributed by atoms with E-state index >= 15 is 0 Å². The third kappa shape index (κ3) is 3.00. The molecule has 0 aliphatic heterocycles. The van der Waals surface area contributed by atoms with Crippen LogP contribution in [0.5, 0.6) is 0 Å². The van der Waals surface area contributed by atoms with Gasteiger partial charge in [0.05, 0.1) is 18.3 Å². The topological polar surface area (TPSA) is 49.0 Å². The minimum Gasteiger partial charge on any atom is -0.304 e. The average Bonchev–Trinajstić information content (AvgIpc) is 3.08. The molecule has 0 bridgehead atoms. The molecule has 0 fully saturated rings. The van der Waals surface area contributed by atoms with Gasteiger partial charge < -0.3 is 4.90 Å². The zero-order valence-corrected chi connectivity index (χ0v) is 11.4. The number of hydrogen-bond donors (Lipinski definition) is 1. The van der Waals surface area contributed by atoms with Crippen LogP contribution in [0.1, 0.15) is 15.9 Å². The van der Waals surface area contributed by atoms with Crippen molar-refractivity contribution < 1.29 is 4.79 Å². The van der Waals surface area contributed by atoms with Gasteiger partial charge in [-0.1, -0.05) is 48.5 Å². The maximum Gasteiger partial charge on any atom is 0.261 e. The van der Waals surface area contributed by atoms with Crippen LogP contribution in [0.4, 0.5) is 5.69 Å². The Balaban J connectivity index is 1.93. The molecule has 104 valence electrons. The number of nitrogens with zero attached hydrogens (tertiary/aromatic N) is 2. The van der Waals surface area contributed by atoms with Crippen LogP contribution in [-0.2, 0) is 6.54 Å². The summed E-state index contributed by atoms with van der Waals surface area (Å²) in [5, 5.41) is 6.54. The van der Waals surface area contributed by atoms with Crippen molar-refractivity contribution in [2.45, 2.75) is 6.54 Å². The van der Waals surface area contributed by atoms with E-state index in [0.29, 0.717) is 12.1 Å². The number of aromatic nitrogens is 2. The van der Waals surface area contributed by atoms with E-state index in [4.69, 9.17) is 0 Å². The third-order valence-corrected chi connectivity index (χ3v) is 3.24. The smallest absolute Gasteiger partial charge is 0.261 e. The first-order valence-electron chi connectivity index (χ1n) is 6.74. The Morgan fingerprint density at radius 1 is 1.00 bits per heavy atom. The number of para-hydroxylation sites is 1. The lowest BCUT2D eigenvalue weighted by molar-refractivity contribution is 0.0985. The van der Waals surface area contributed by atoms with Crippen molar-refractivity contribution in [2.24, 2.45) is 0 Å². The first-order chi connectivity index (χ1) is 10.3. The van der Waals surface area contributed by atoms with E-state index in [1.807, 2.05) is 60.7 Å². The van der Waals surface area contributed by atoms with Crippen molar-refractivity contribution >= 4 is 11.6 Å². The molecule has 0 aliphatic rings. The lowest BCUT2D eigenvalue weighted by Gasteiger charge is -2.22. The fraction of sp³-hybridized carbons (Fsp3) is 0.0588. The van der Waals surface area contributed by atoms with E-state index in [1.165, 1.54) is 0 Å². The number of H-pyrrole nitrogens is 1. The Morgan fingerprint density at radius 3 is 2.29 bits per heavy atom. The van der Waals surface area contributed by atoms with Crippen LogP contribution in [0.15, 0.2) is 73.1 Å². The Bertz CT molecular complexity index is 693. The van der Waals surface area contributed by atoms with Crippen molar-refractivity contribution in [3.05, 3.63) is 84.2 Å². The predicted molar refractivity (Wildman–Crippen MR) is 82.0 cm³/mol. The van der Waals surface area contributed by atoms with Gasteiger partial charge in [-0.2, -0.15) is 5.10 Å². The van der Waals surface area contributed by atoms with Gasteiger partial charge in [-0.3, -0.25) is 9.89 Å². The molecular formula is C17H15N3O. The summed E-state index contributed by atoms with van der Waals surface area (Å²) in [6, 6.07) is 19.6. The molecular weight excluding hydrogens is 262 g/mol. The van der Waals surface area contributed by atoms with Gasteiger partial charge in [-0.15, -0.1) is 0 Å². The molecule has 0 unspecified atom stereocenters. The van der Waals surface area contributed by atoms with Crippen molar-refractivity contribution in [3.8, 4) is 0 Å². The fourth-order valence-electron chi connectivity index (χ4n) is 2.18. The number of carbonyl (C=O) groups excluding carboxylic acids is 1. The Morgan fingerprint density at radius 2 is 1.67 bits per heavy atom. The van der Waals surface area contributed by atoms with E-state index in [-0.39, 0.29) is 5.91 Å². The number of hydrogen-bond acceptors (Lipinski definition) is 2. The number of anilines is 1. The summed E-state index contributed by atoms with van der Waals surface area (Å²) in [4.78, 5) is 14.4. The zero-order chi connectivity index (χ0) is 14.5. The van der Waals surface area contributed by atoms with Gasteiger partial charge >= 0.3 is 0 Å². The van der Waals surface area contributed by atoms with Gasteiger partial charge in [-0.25, -0.2) is 0 Å².